The molecule has 0 fully saturated rings. The Balaban J connectivity index is 1.42. The van der Waals surface area contributed by atoms with Crippen molar-refractivity contribution in [1.29, 1.82) is 0 Å². The molecule has 3 aromatic carbocycles. The third-order valence-electron chi connectivity index (χ3n) is 6.87. The number of amides is 1. The first-order valence-corrected chi connectivity index (χ1v) is 13.5. The number of nitrogens with one attached hydrogen (secondary N) is 1. The molecule has 6 nitrogen and oxygen atoms in total. The van der Waals surface area contributed by atoms with E-state index in [1.807, 2.05) is 26.8 Å². The molecule has 35 heavy (non-hydrogen) atoms. The molecule has 5 rings (SSSR count). The zero-order valence-electron chi connectivity index (χ0n) is 20.2. The van der Waals surface area contributed by atoms with Crippen molar-refractivity contribution in [3.05, 3.63) is 88.5 Å². The SMILES string of the molecule is Cc1ccc(S(=O)(=O)N2C[C@@H](C(=O)N[C@H](C)c3ccc4c(c3)CCC4)Oc3ccc(C)cc32)cc1. The second kappa shape index (κ2) is 9.04. The average molecular weight is 491 g/mol. The van der Waals surface area contributed by atoms with Gasteiger partial charge in [-0.3, -0.25) is 9.10 Å². The first kappa shape index (κ1) is 23.4. The van der Waals surface area contributed by atoms with Gasteiger partial charge in [0.2, 0.25) is 0 Å². The van der Waals surface area contributed by atoms with Crippen LogP contribution in [-0.2, 0) is 27.7 Å². The highest BCUT2D eigenvalue weighted by atomic mass is 32.2. The molecule has 0 bridgehead atoms. The third-order valence-corrected chi connectivity index (χ3v) is 8.66. The summed E-state index contributed by atoms with van der Waals surface area (Å²) in [6.07, 6.45) is 2.37. The minimum absolute atomic E-state index is 0.102. The third kappa shape index (κ3) is 4.52. The number of nitrogens with zero attached hydrogens (tertiary/aromatic N) is 1. The van der Waals surface area contributed by atoms with Crippen LogP contribution >= 0.6 is 0 Å². The quantitative estimate of drug-likeness (QED) is 0.566. The number of ether oxygens (including phenoxy) is 1. The summed E-state index contributed by atoms with van der Waals surface area (Å²) in [4.78, 5) is 13.5. The molecule has 1 N–H and O–H groups in total. The number of hydrogen-bond acceptors (Lipinski definition) is 4. The van der Waals surface area contributed by atoms with E-state index in [2.05, 4.69) is 23.5 Å². The predicted octanol–water partition coefficient (Wildman–Crippen LogP) is 4.63. The lowest BCUT2D eigenvalue weighted by Gasteiger charge is -2.35. The van der Waals surface area contributed by atoms with Crippen molar-refractivity contribution < 1.29 is 17.9 Å². The Labute approximate surface area is 207 Å². The van der Waals surface area contributed by atoms with Gasteiger partial charge in [-0.05, 0) is 86.6 Å². The Morgan fingerprint density at radius 1 is 0.971 bits per heavy atom. The molecule has 0 aromatic heterocycles. The fourth-order valence-corrected chi connectivity index (χ4v) is 6.28. The Bertz CT molecular complexity index is 1380. The highest BCUT2D eigenvalue weighted by Gasteiger charge is 2.38. The van der Waals surface area contributed by atoms with Crippen molar-refractivity contribution in [3.63, 3.8) is 0 Å². The molecule has 2 atom stereocenters. The van der Waals surface area contributed by atoms with Crippen molar-refractivity contribution in [2.45, 2.75) is 57.1 Å². The van der Waals surface area contributed by atoms with Crippen LogP contribution < -0.4 is 14.4 Å². The summed E-state index contributed by atoms with van der Waals surface area (Å²) in [5.74, 6) is 0.0381. The Morgan fingerprint density at radius 2 is 1.69 bits per heavy atom. The van der Waals surface area contributed by atoms with Crippen LogP contribution in [0.4, 0.5) is 5.69 Å². The van der Waals surface area contributed by atoms with E-state index in [-0.39, 0.29) is 23.4 Å². The van der Waals surface area contributed by atoms with Gasteiger partial charge < -0.3 is 10.1 Å². The topological polar surface area (TPSA) is 75.7 Å². The molecule has 2 aliphatic rings. The molecule has 0 saturated carbocycles. The van der Waals surface area contributed by atoms with E-state index in [0.717, 1.165) is 29.5 Å². The van der Waals surface area contributed by atoms with Crippen LogP contribution in [0.25, 0.3) is 0 Å². The second-order valence-corrected chi connectivity index (χ2v) is 11.4. The molecule has 0 spiro atoms. The molecule has 7 heteroatoms. The number of anilines is 1. The first-order valence-electron chi connectivity index (χ1n) is 12.0. The highest BCUT2D eigenvalue weighted by molar-refractivity contribution is 7.92. The van der Waals surface area contributed by atoms with Crippen molar-refractivity contribution in [2.75, 3.05) is 10.8 Å². The van der Waals surface area contributed by atoms with Crippen LogP contribution in [0.5, 0.6) is 5.75 Å². The second-order valence-electron chi connectivity index (χ2n) is 9.54. The zero-order chi connectivity index (χ0) is 24.7. The highest BCUT2D eigenvalue weighted by Crippen LogP contribution is 2.38. The lowest BCUT2D eigenvalue weighted by Crippen LogP contribution is -2.51. The molecule has 1 aliphatic heterocycles. The van der Waals surface area contributed by atoms with E-state index in [0.29, 0.717) is 11.4 Å². The van der Waals surface area contributed by atoms with Crippen molar-refractivity contribution in [3.8, 4) is 5.75 Å². The summed E-state index contributed by atoms with van der Waals surface area (Å²) in [6.45, 7) is 5.64. The summed E-state index contributed by atoms with van der Waals surface area (Å²) < 4.78 is 34.6. The van der Waals surface area contributed by atoms with E-state index in [4.69, 9.17) is 4.74 Å². The molecule has 1 amide bonds. The summed E-state index contributed by atoms with van der Waals surface area (Å²) in [6, 6.07) is 18.2. The van der Waals surface area contributed by atoms with Crippen LogP contribution in [0.2, 0.25) is 0 Å². The standard InChI is InChI=1S/C28H30N2O4S/c1-18-7-12-24(13-8-18)35(32,33)30-17-27(34-26-14-9-19(2)15-25(26)30)28(31)29-20(3)22-11-10-21-5-4-6-23(21)16-22/h7-16,20,27H,4-6,17H2,1-3H3,(H,29,31)/t20-,27+/m1/s1. The maximum atomic E-state index is 13.6. The Morgan fingerprint density at radius 3 is 2.46 bits per heavy atom. The van der Waals surface area contributed by atoms with Gasteiger partial charge in [-0.2, -0.15) is 0 Å². The van der Waals surface area contributed by atoms with E-state index < -0.39 is 16.1 Å². The normalized spacial score (nSPS) is 17.8. The van der Waals surface area contributed by atoms with Crippen LogP contribution in [0.3, 0.4) is 0 Å². The van der Waals surface area contributed by atoms with Gasteiger partial charge in [0.15, 0.2) is 6.10 Å². The number of fused-ring (bicyclic) bond motifs is 2. The van der Waals surface area contributed by atoms with Gasteiger partial charge in [-0.15, -0.1) is 0 Å². The fourth-order valence-electron chi connectivity index (χ4n) is 4.81. The maximum absolute atomic E-state index is 13.6. The summed E-state index contributed by atoms with van der Waals surface area (Å²) in [5, 5.41) is 3.03. The van der Waals surface area contributed by atoms with Gasteiger partial charge >= 0.3 is 0 Å². The smallest absolute Gasteiger partial charge is 0.264 e. The van der Waals surface area contributed by atoms with Crippen LogP contribution in [-0.4, -0.2) is 27.0 Å². The maximum Gasteiger partial charge on any atom is 0.264 e. The molecular weight excluding hydrogens is 460 g/mol. The Kier molecular flexibility index (Phi) is 6.05. The fraction of sp³-hybridized carbons (Fsp3) is 0.321. The van der Waals surface area contributed by atoms with Gasteiger partial charge in [-0.25, -0.2) is 8.42 Å². The van der Waals surface area contributed by atoms with E-state index in [9.17, 15) is 13.2 Å². The van der Waals surface area contributed by atoms with Gasteiger partial charge in [-0.1, -0.05) is 42.0 Å². The summed E-state index contributed by atoms with van der Waals surface area (Å²) in [7, 11) is -3.89. The molecule has 1 heterocycles. The number of hydrogen-bond donors (Lipinski definition) is 1. The minimum atomic E-state index is -3.89. The number of carbonyl (C=O) groups is 1. The molecule has 0 unspecified atom stereocenters. The Hall–Kier alpha value is -3.32. The number of benzene rings is 3. The summed E-state index contributed by atoms with van der Waals surface area (Å²) in [5.41, 5.74) is 6.09. The largest absolute Gasteiger partial charge is 0.476 e. The van der Waals surface area contributed by atoms with Crippen LogP contribution in [0.15, 0.2) is 65.6 Å². The van der Waals surface area contributed by atoms with Crippen molar-refractivity contribution >= 4 is 21.6 Å². The molecule has 0 radical (unpaired) electrons. The van der Waals surface area contributed by atoms with E-state index in [1.165, 1.54) is 21.9 Å². The van der Waals surface area contributed by atoms with Gasteiger partial charge in [0.25, 0.3) is 15.9 Å². The van der Waals surface area contributed by atoms with Crippen molar-refractivity contribution in [1.82, 2.24) is 5.32 Å². The van der Waals surface area contributed by atoms with Crippen LogP contribution in [0.1, 0.15) is 47.2 Å². The summed E-state index contributed by atoms with van der Waals surface area (Å²) >= 11 is 0. The van der Waals surface area contributed by atoms with Gasteiger partial charge in [0.05, 0.1) is 23.2 Å². The van der Waals surface area contributed by atoms with E-state index in [1.54, 1.807) is 36.4 Å². The first-order chi connectivity index (χ1) is 16.7. The number of rotatable bonds is 5. The molecule has 1 aliphatic carbocycles. The van der Waals surface area contributed by atoms with Crippen molar-refractivity contribution in [2.24, 2.45) is 0 Å². The monoisotopic (exact) mass is 490 g/mol. The average Bonchev–Trinajstić information content (AvgIpc) is 3.31. The minimum Gasteiger partial charge on any atom is -0.476 e. The van der Waals surface area contributed by atoms with Crippen LogP contribution in [0, 0.1) is 13.8 Å². The van der Waals surface area contributed by atoms with Gasteiger partial charge in [0.1, 0.15) is 5.75 Å². The molecule has 182 valence electrons. The number of aryl methyl sites for hydroxylation is 4. The zero-order valence-corrected chi connectivity index (χ0v) is 21.1. The molecule has 0 saturated heterocycles. The molecule has 3 aromatic rings. The molecular formula is C28H30N2O4S. The lowest BCUT2D eigenvalue weighted by molar-refractivity contribution is -0.128. The number of sulfonamides is 1. The number of carbonyl (C=O) groups excluding carboxylic acids is 1. The lowest BCUT2D eigenvalue weighted by atomic mass is 10.0. The van der Waals surface area contributed by atoms with E-state index >= 15 is 0 Å². The van der Waals surface area contributed by atoms with Gasteiger partial charge in [0, 0.05) is 0 Å². The predicted molar refractivity (Wildman–Crippen MR) is 136 cm³/mol.